The zero-order valence-electron chi connectivity index (χ0n) is 11.8. The minimum atomic E-state index is -0.311. The van der Waals surface area contributed by atoms with Crippen LogP contribution in [0.3, 0.4) is 0 Å². The van der Waals surface area contributed by atoms with Gasteiger partial charge >= 0.3 is 0 Å². The van der Waals surface area contributed by atoms with Gasteiger partial charge in [0.15, 0.2) is 5.58 Å². The van der Waals surface area contributed by atoms with E-state index in [0.717, 1.165) is 29.7 Å². The van der Waals surface area contributed by atoms with E-state index in [1.54, 1.807) is 12.3 Å². The van der Waals surface area contributed by atoms with Crippen molar-refractivity contribution in [3.63, 3.8) is 0 Å². The summed E-state index contributed by atoms with van der Waals surface area (Å²) in [6.45, 7) is 1.53. The molecule has 0 aliphatic carbocycles. The number of halogens is 1. The summed E-state index contributed by atoms with van der Waals surface area (Å²) >= 11 is 0. The van der Waals surface area contributed by atoms with Crippen LogP contribution in [0.25, 0.3) is 11.0 Å². The van der Waals surface area contributed by atoms with Crippen LogP contribution in [0.4, 0.5) is 4.39 Å². The summed E-state index contributed by atoms with van der Waals surface area (Å²) in [5, 5.41) is 4.89. The largest absolute Gasteiger partial charge is 0.356 e. The Balaban J connectivity index is 1.65. The highest BCUT2D eigenvalue weighted by Crippen LogP contribution is 2.20. The summed E-state index contributed by atoms with van der Waals surface area (Å²) < 4.78 is 18.3. The number of likely N-dealkylation sites (N-methyl/N-ethyl adjacent to an activating group) is 1. The van der Waals surface area contributed by atoms with Gasteiger partial charge in [0.1, 0.15) is 11.5 Å². The maximum atomic E-state index is 13.1. The zero-order chi connectivity index (χ0) is 14.7. The van der Waals surface area contributed by atoms with Crippen LogP contribution in [0.1, 0.15) is 11.4 Å². The molecule has 0 atom stereocenters. The molecule has 0 N–H and O–H groups in total. The molecule has 0 saturated carbocycles. The lowest BCUT2D eigenvalue weighted by atomic mass is 10.2. The number of pyridine rings is 1. The van der Waals surface area contributed by atoms with Crippen molar-refractivity contribution in [1.82, 2.24) is 15.0 Å². The van der Waals surface area contributed by atoms with Crippen molar-refractivity contribution in [1.29, 1.82) is 0 Å². The minimum absolute atomic E-state index is 0.311. The summed E-state index contributed by atoms with van der Waals surface area (Å²) in [6, 6.07) is 10.4. The van der Waals surface area contributed by atoms with Gasteiger partial charge in [-0.2, -0.15) is 0 Å². The van der Waals surface area contributed by atoms with E-state index in [-0.39, 0.29) is 5.82 Å². The Labute approximate surface area is 122 Å². The van der Waals surface area contributed by atoms with Crippen LogP contribution in [0.2, 0.25) is 0 Å². The van der Waals surface area contributed by atoms with Gasteiger partial charge in [0.05, 0.1) is 0 Å². The topological polar surface area (TPSA) is 42.2 Å². The SMILES string of the molecule is CN(CCc1ccccn1)Cc1noc2cc(F)ccc12. The second-order valence-corrected chi connectivity index (χ2v) is 5.08. The third-order valence-corrected chi connectivity index (χ3v) is 3.40. The molecule has 0 aliphatic rings. The van der Waals surface area contributed by atoms with Gasteiger partial charge in [0.2, 0.25) is 0 Å². The quantitative estimate of drug-likeness (QED) is 0.722. The Hall–Kier alpha value is -2.27. The third-order valence-electron chi connectivity index (χ3n) is 3.40. The molecule has 0 saturated heterocycles. The van der Waals surface area contributed by atoms with Gasteiger partial charge in [-0.25, -0.2) is 4.39 Å². The molecule has 1 aromatic carbocycles. The van der Waals surface area contributed by atoms with Crippen molar-refractivity contribution in [2.45, 2.75) is 13.0 Å². The van der Waals surface area contributed by atoms with Gasteiger partial charge in [0.25, 0.3) is 0 Å². The summed E-state index contributed by atoms with van der Waals surface area (Å²) in [5.74, 6) is -0.311. The van der Waals surface area contributed by atoms with Crippen molar-refractivity contribution in [2.75, 3.05) is 13.6 Å². The summed E-state index contributed by atoms with van der Waals surface area (Å²) in [6.07, 6.45) is 2.68. The van der Waals surface area contributed by atoms with Crippen LogP contribution >= 0.6 is 0 Å². The normalized spacial score (nSPS) is 11.4. The van der Waals surface area contributed by atoms with Gasteiger partial charge in [0, 0.05) is 42.9 Å². The standard InChI is InChI=1S/C16H16FN3O/c1-20(9-7-13-4-2-3-8-18-13)11-15-14-6-5-12(17)10-16(14)21-19-15/h2-6,8,10H,7,9,11H2,1H3. The fourth-order valence-corrected chi connectivity index (χ4v) is 2.26. The Morgan fingerprint density at radius 2 is 2.14 bits per heavy atom. The average Bonchev–Trinajstić information content (AvgIpc) is 2.88. The number of hydrogen-bond donors (Lipinski definition) is 0. The molecule has 4 nitrogen and oxygen atoms in total. The van der Waals surface area contributed by atoms with Crippen LogP contribution in [0, 0.1) is 5.82 Å². The van der Waals surface area contributed by atoms with E-state index in [4.69, 9.17) is 4.52 Å². The van der Waals surface area contributed by atoms with Crippen LogP contribution in [0.5, 0.6) is 0 Å². The highest BCUT2D eigenvalue weighted by Gasteiger charge is 2.11. The predicted molar refractivity (Wildman–Crippen MR) is 78.2 cm³/mol. The first kappa shape index (κ1) is 13.7. The fourth-order valence-electron chi connectivity index (χ4n) is 2.26. The van der Waals surface area contributed by atoms with Crippen molar-refractivity contribution in [2.24, 2.45) is 0 Å². The molecular formula is C16H16FN3O. The molecule has 0 radical (unpaired) electrons. The molecule has 2 heterocycles. The number of aromatic nitrogens is 2. The first-order chi connectivity index (χ1) is 10.2. The van der Waals surface area contributed by atoms with E-state index in [1.165, 1.54) is 12.1 Å². The van der Waals surface area contributed by atoms with Gasteiger partial charge in [-0.05, 0) is 31.3 Å². The van der Waals surface area contributed by atoms with E-state index in [1.807, 2.05) is 25.2 Å². The van der Waals surface area contributed by atoms with E-state index >= 15 is 0 Å². The second-order valence-electron chi connectivity index (χ2n) is 5.08. The molecule has 0 aliphatic heterocycles. The van der Waals surface area contributed by atoms with Gasteiger partial charge in [-0.15, -0.1) is 0 Å². The molecule has 3 rings (SSSR count). The van der Waals surface area contributed by atoms with E-state index in [0.29, 0.717) is 12.1 Å². The second kappa shape index (κ2) is 6.01. The number of fused-ring (bicyclic) bond motifs is 1. The molecule has 0 amide bonds. The van der Waals surface area contributed by atoms with E-state index < -0.39 is 0 Å². The Kier molecular flexibility index (Phi) is 3.92. The maximum Gasteiger partial charge on any atom is 0.170 e. The summed E-state index contributed by atoms with van der Waals surface area (Å²) in [7, 11) is 2.02. The molecule has 0 fully saturated rings. The van der Waals surface area contributed by atoms with Gasteiger partial charge < -0.3 is 9.42 Å². The van der Waals surface area contributed by atoms with Crippen LogP contribution in [-0.2, 0) is 13.0 Å². The number of hydrogen-bond acceptors (Lipinski definition) is 4. The molecule has 0 bridgehead atoms. The van der Waals surface area contributed by atoms with Gasteiger partial charge in [-0.3, -0.25) is 4.98 Å². The van der Waals surface area contributed by atoms with Crippen molar-refractivity contribution in [3.05, 3.63) is 59.8 Å². The van der Waals surface area contributed by atoms with E-state index in [2.05, 4.69) is 15.0 Å². The van der Waals surface area contributed by atoms with Crippen molar-refractivity contribution in [3.8, 4) is 0 Å². The highest BCUT2D eigenvalue weighted by atomic mass is 19.1. The zero-order valence-corrected chi connectivity index (χ0v) is 11.8. The molecule has 5 heteroatoms. The van der Waals surface area contributed by atoms with Crippen LogP contribution in [0.15, 0.2) is 47.1 Å². The Bertz CT molecular complexity index is 727. The molecule has 3 aromatic rings. The highest BCUT2D eigenvalue weighted by molar-refractivity contribution is 5.79. The van der Waals surface area contributed by atoms with Crippen LogP contribution < -0.4 is 0 Å². The number of benzene rings is 1. The smallest absolute Gasteiger partial charge is 0.170 e. The Morgan fingerprint density at radius 1 is 1.24 bits per heavy atom. The lowest BCUT2D eigenvalue weighted by Crippen LogP contribution is -2.21. The van der Waals surface area contributed by atoms with Crippen LogP contribution in [-0.4, -0.2) is 28.6 Å². The van der Waals surface area contributed by atoms with E-state index in [9.17, 15) is 4.39 Å². The number of nitrogens with zero attached hydrogens (tertiary/aromatic N) is 3. The summed E-state index contributed by atoms with van der Waals surface area (Å²) in [5.41, 5.74) is 2.38. The fraction of sp³-hybridized carbons (Fsp3) is 0.250. The Morgan fingerprint density at radius 3 is 2.95 bits per heavy atom. The lowest BCUT2D eigenvalue weighted by Gasteiger charge is -2.14. The van der Waals surface area contributed by atoms with Crippen molar-refractivity contribution >= 4 is 11.0 Å². The van der Waals surface area contributed by atoms with Gasteiger partial charge in [-0.1, -0.05) is 11.2 Å². The predicted octanol–water partition coefficient (Wildman–Crippen LogP) is 3.04. The third kappa shape index (κ3) is 3.25. The molecule has 0 spiro atoms. The first-order valence-corrected chi connectivity index (χ1v) is 6.84. The van der Waals surface area contributed by atoms with Crippen molar-refractivity contribution < 1.29 is 8.91 Å². The average molecular weight is 285 g/mol. The molecule has 108 valence electrons. The lowest BCUT2D eigenvalue weighted by molar-refractivity contribution is 0.316. The molecule has 0 unspecified atom stereocenters. The molecule has 21 heavy (non-hydrogen) atoms. The molecule has 2 aromatic heterocycles. The first-order valence-electron chi connectivity index (χ1n) is 6.84. The molecular weight excluding hydrogens is 269 g/mol. The number of rotatable bonds is 5. The maximum absolute atomic E-state index is 13.1. The monoisotopic (exact) mass is 285 g/mol. The summed E-state index contributed by atoms with van der Waals surface area (Å²) in [4.78, 5) is 6.45. The minimum Gasteiger partial charge on any atom is -0.356 e.